The van der Waals surface area contributed by atoms with Crippen LogP contribution in [0.25, 0.3) is 0 Å². The fourth-order valence-electron chi connectivity index (χ4n) is 2.02. The summed E-state index contributed by atoms with van der Waals surface area (Å²) < 4.78 is 0. The smallest absolute Gasteiger partial charge is 0.311 e. The van der Waals surface area contributed by atoms with E-state index in [1.54, 1.807) is 0 Å². The standard InChI is InChI=1S/C8H9NO4.C8H7NO4.C2H3P/c2*1-5-6(4-10)2-3-7(8(5)11)9(12)13;1-2-3/h2-3,10-11H,4H2,1H3;2-4,11H,1H3;1H,3H2. The minimum absolute atomic E-state index is 0.226. The van der Waals surface area contributed by atoms with E-state index in [-0.39, 0.29) is 34.9 Å². The van der Waals surface area contributed by atoms with Gasteiger partial charge in [-0.15, -0.1) is 6.42 Å². The third-order valence-electron chi connectivity index (χ3n) is 3.66. The molecule has 0 amide bonds. The van der Waals surface area contributed by atoms with Crippen molar-refractivity contribution in [3.8, 4) is 23.6 Å². The van der Waals surface area contributed by atoms with Crippen molar-refractivity contribution in [2.75, 3.05) is 0 Å². The third-order valence-corrected chi connectivity index (χ3v) is 3.66. The summed E-state index contributed by atoms with van der Waals surface area (Å²) in [4.78, 5) is 29.7. The van der Waals surface area contributed by atoms with Crippen LogP contribution in [0.1, 0.15) is 27.0 Å². The van der Waals surface area contributed by atoms with Crippen LogP contribution in [0.2, 0.25) is 0 Å². The molecular formula is C18H19N2O8P. The third kappa shape index (κ3) is 6.84. The number of aromatic hydroxyl groups is 2. The molecule has 2 rings (SSSR count). The summed E-state index contributed by atoms with van der Waals surface area (Å²) >= 11 is 0. The van der Waals surface area contributed by atoms with Crippen molar-refractivity contribution in [1.82, 2.24) is 0 Å². The van der Waals surface area contributed by atoms with E-state index in [0.29, 0.717) is 17.4 Å². The Morgan fingerprint density at radius 3 is 1.83 bits per heavy atom. The average Bonchev–Trinajstić information content (AvgIpc) is 2.66. The number of nitro benzene ring substituents is 2. The number of benzene rings is 2. The second kappa shape index (κ2) is 12.0. The SMILES string of the molecule is C#CP.Cc1c(C=O)ccc([N+](=O)[O-])c1O.Cc1c(CO)ccc([N+](=O)[O-])c1O. The highest BCUT2D eigenvalue weighted by atomic mass is 31.0. The lowest BCUT2D eigenvalue weighted by molar-refractivity contribution is -0.386. The van der Waals surface area contributed by atoms with Crippen molar-refractivity contribution >= 4 is 26.9 Å². The number of aldehydes is 1. The number of hydrogen-bond acceptors (Lipinski definition) is 8. The normalized spacial score (nSPS) is 9.07. The number of carbonyl (C=O) groups is 1. The van der Waals surface area contributed by atoms with Crippen LogP contribution in [0.3, 0.4) is 0 Å². The molecule has 10 nitrogen and oxygen atoms in total. The van der Waals surface area contributed by atoms with Crippen molar-refractivity contribution in [3.63, 3.8) is 0 Å². The van der Waals surface area contributed by atoms with Gasteiger partial charge < -0.3 is 15.3 Å². The van der Waals surface area contributed by atoms with E-state index in [2.05, 4.69) is 21.3 Å². The van der Waals surface area contributed by atoms with E-state index in [1.807, 2.05) is 0 Å². The molecule has 0 saturated carbocycles. The Morgan fingerprint density at radius 2 is 1.45 bits per heavy atom. The molecule has 11 heteroatoms. The molecule has 0 aliphatic heterocycles. The van der Waals surface area contributed by atoms with Gasteiger partial charge in [-0.25, -0.2) is 0 Å². The molecule has 0 aromatic heterocycles. The minimum Gasteiger partial charge on any atom is -0.502 e. The molecule has 0 aliphatic carbocycles. The molecule has 0 spiro atoms. The zero-order valence-electron chi connectivity index (χ0n) is 15.5. The molecule has 0 fully saturated rings. The number of nitrogens with zero attached hydrogens (tertiary/aromatic N) is 2. The Labute approximate surface area is 168 Å². The van der Waals surface area contributed by atoms with E-state index in [1.165, 1.54) is 32.0 Å². The lowest BCUT2D eigenvalue weighted by Gasteiger charge is -2.04. The van der Waals surface area contributed by atoms with Crippen molar-refractivity contribution in [2.45, 2.75) is 20.5 Å². The zero-order chi connectivity index (χ0) is 22.7. The summed E-state index contributed by atoms with van der Waals surface area (Å²) in [6.45, 7) is 2.73. The molecule has 2 aromatic rings. The highest BCUT2D eigenvalue weighted by Crippen LogP contribution is 2.31. The first-order chi connectivity index (χ1) is 13.6. The van der Waals surface area contributed by atoms with E-state index >= 15 is 0 Å². The zero-order valence-corrected chi connectivity index (χ0v) is 16.7. The molecule has 0 radical (unpaired) electrons. The molecule has 0 saturated heterocycles. The summed E-state index contributed by atoms with van der Waals surface area (Å²) in [5, 5.41) is 48.1. The quantitative estimate of drug-likeness (QED) is 0.222. The highest BCUT2D eigenvalue weighted by Gasteiger charge is 2.17. The number of nitro groups is 2. The van der Waals surface area contributed by atoms with Crippen molar-refractivity contribution < 1.29 is 30.0 Å². The number of phenolic OH excluding ortho intramolecular Hbond substituents is 2. The summed E-state index contributed by atoms with van der Waals surface area (Å²) in [7, 11) is 2.11. The summed E-state index contributed by atoms with van der Waals surface area (Å²) in [5.41, 5.74) is 2.75. The maximum atomic E-state index is 10.4. The minimum atomic E-state index is -0.698. The Morgan fingerprint density at radius 1 is 1.03 bits per heavy atom. The molecule has 0 heterocycles. The first-order valence-electron chi connectivity index (χ1n) is 7.72. The van der Waals surface area contributed by atoms with Crippen LogP contribution in [0, 0.1) is 46.2 Å². The molecule has 0 aliphatic rings. The lowest BCUT2D eigenvalue weighted by Crippen LogP contribution is -1.94. The summed E-state index contributed by atoms with van der Waals surface area (Å²) in [6.07, 6.45) is 5.10. The van der Waals surface area contributed by atoms with Gasteiger partial charge >= 0.3 is 11.4 Å². The fourth-order valence-corrected chi connectivity index (χ4v) is 2.02. The van der Waals surface area contributed by atoms with Crippen LogP contribution < -0.4 is 0 Å². The topological polar surface area (TPSA) is 164 Å². The summed E-state index contributed by atoms with van der Waals surface area (Å²) in [6, 6.07) is 5.01. The first-order valence-corrected chi connectivity index (χ1v) is 8.29. The van der Waals surface area contributed by atoms with Crippen LogP contribution in [0.15, 0.2) is 24.3 Å². The number of hydrogen-bond donors (Lipinski definition) is 3. The van der Waals surface area contributed by atoms with Crippen LogP contribution >= 0.6 is 9.24 Å². The Bertz CT molecular complexity index is 954. The maximum Gasteiger partial charge on any atom is 0.311 e. The second-order valence-electron chi connectivity index (χ2n) is 5.32. The van der Waals surface area contributed by atoms with Crippen molar-refractivity contribution in [2.24, 2.45) is 0 Å². The van der Waals surface area contributed by atoms with Gasteiger partial charge in [-0.1, -0.05) is 14.9 Å². The van der Waals surface area contributed by atoms with Gasteiger partial charge in [-0.2, -0.15) is 0 Å². The lowest BCUT2D eigenvalue weighted by atomic mass is 10.1. The Kier molecular flexibility index (Phi) is 10.6. The molecule has 154 valence electrons. The molecule has 3 N–H and O–H groups in total. The fraction of sp³-hybridized carbons (Fsp3) is 0.167. The number of carbonyl (C=O) groups excluding carboxylic acids is 1. The molecule has 1 atom stereocenters. The van der Waals surface area contributed by atoms with Gasteiger partial charge in [0, 0.05) is 28.8 Å². The Balaban J connectivity index is 0.000000477. The number of phenols is 2. The van der Waals surface area contributed by atoms with E-state index in [4.69, 9.17) is 5.11 Å². The maximum absolute atomic E-state index is 10.4. The van der Waals surface area contributed by atoms with Crippen LogP contribution in [0.5, 0.6) is 11.5 Å². The number of rotatable bonds is 4. The van der Waals surface area contributed by atoms with Crippen molar-refractivity contribution in [3.05, 3.63) is 66.7 Å². The van der Waals surface area contributed by atoms with Crippen molar-refractivity contribution in [1.29, 1.82) is 0 Å². The van der Waals surface area contributed by atoms with Gasteiger partial charge in [-0.3, -0.25) is 25.0 Å². The number of aliphatic hydroxyl groups is 1. The van der Waals surface area contributed by atoms with Gasteiger partial charge in [-0.05, 0) is 31.5 Å². The molecule has 29 heavy (non-hydrogen) atoms. The second-order valence-corrected chi connectivity index (χ2v) is 5.66. The Hall–Kier alpha value is -3.54. The van der Waals surface area contributed by atoms with Crippen LogP contribution in [-0.4, -0.2) is 31.5 Å². The molecular weight excluding hydrogens is 403 g/mol. The van der Waals surface area contributed by atoms with Gasteiger partial charge in [0.2, 0.25) is 0 Å². The molecule has 1 unspecified atom stereocenters. The molecule has 2 aromatic carbocycles. The van der Waals surface area contributed by atoms with Gasteiger partial charge in [0.25, 0.3) is 0 Å². The van der Waals surface area contributed by atoms with E-state index in [0.717, 1.165) is 6.07 Å². The van der Waals surface area contributed by atoms with Gasteiger partial charge in [0.05, 0.1) is 16.5 Å². The number of aliphatic hydroxyl groups excluding tert-OH is 1. The largest absolute Gasteiger partial charge is 0.502 e. The number of terminal acetylenes is 1. The van der Waals surface area contributed by atoms with Crippen LogP contribution in [0.4, 0.5) is 11.4 Å². The monoisotopic (exact) mass is 422 g/mol. The summed E-state index contributed by atoms with van der Waals surface area (Å²) in [5.74, 6) is -0.828. The van der Waals surface area contributed by atoms with Crippen LogP contribution in [-0.2, 0) is 6.61 Å². The predicted octanol–water partition coefficient (Wildman–Crippen LogP) is 2.97. The van der Waals surface area contributed by atoms with Gasteiger partial charge in [0.1, 0.15) is 6.29 Å². The van der Waals surface area contributed by atoms with E-state index in [9.17, 15) is 35.2 Å². The first kappa shape index (κ1) is 25.5. The van der Waals surface area contributed by atoms with Gasteiger partial charge in [0.15, 0.2) is 11.5 Å². The predicted molar refractivity (Wildman–Crippen MR) is 109 cm³/mol. The van der Waals surface area contributed by atoms with E-state index < -0.39 is 15.6 Å². The molecule has 0 bridgehead atoms. The average molecular weight is 422 g/mol. The highest BCUT2D eigenvalue weighted by molar-refractivity contribution is 7.23.